The first-order valence-electron chi connectivity index (χ1n) is 4.92. The minimum Gasteiger partial charge on any atom is -0.396 e. The van der Waals surface area contributed by atoms with Crippen LogP contribution in [-0.4, -0.2) is 19.0 Å². The lowest BCUT2D eigenvalue weighted by molar-refractivity contribution is -0.116. The Bertz CT molecular complexity index is 436. The number of amides is 1. The van der Waals surface area contributed by atoms with Crippen LogP contribution in [0, 0.1) is 11.3 Å². The number of nitriles is 1. The van der Waals surface area contributed by atoms with Gasteiger partial charge in [0.2, 0.25) is 5.91 Å². The molecule has 5 nitrogen and oxygen atoms in total. The normalized spacial score (nSPS) is 9.50. The van der Waals surface area contributed by atoms with Crippen molar-refractivity contribution in [3.8, 4) is 6.07 Å². The number of benzene rings is 1. The Morgan fingerprint density at radius 3 is 2.75 bits per heavy atom. The molecule has 4 N–H and O–H groups in total. The summed E-state index contributed by atoms with van der Waals surface area (Å²) < 4.78 is 0. The van der Waals surface area contributed by atoms with Gasteiger partial charge >= 0.3 is 0 Å². The van der Waals surface area contributed by atoms with Crippen LogP contribution in [0.25, 0.3) is 0 Å². The number of primary amides is 1. The summed E-state index contributed by atoms with van der Waals surface area (Å²) in [5, 5.41) is 8.84. The van der Waals surface area contributed by atoms with E-state index in [1.54, 1.807) is 23.1 Å². The number of hydrogen-bond donors (Lipinski definition) is 2. The van der Waals surface area contributed by atoms with Crippen LogP contribution in [0.15, 0.2) is 18.2 Å². The molecule has 16 heavy (non-hydrogen) atoms. The van der Waals surface area contributed by atoms with Crippen LogP contribution >= 0.6 is 0 Å². The number of nitrogens with zero attached hydrogens (tertiary/aromatic N) is 2. The van der Waals surface area contributed by atoms with E-state index in [2.05, 4.69) is 0 Å². The van der Waals surface area contributed by atoms with Crippen molar-refractivity contribution in [1.29, 1.82) is 5.26 Å². The maximum absolute atomic E-state index is 10.9. The minimum atomic E-state index is -0.427. The van der Waals surface area contributed by atoms with Gasteiger partial charge in [-0.3, -0.25) is 4.79 Å². The van der Waals surface area contributed by atoms with E-state index in [1.807, 2.05) is 13.0 Å². The SMILES string of the molecule is CCN(CC(N)=O)c1cccc(C#N)c1N. The quantitative estimate of drug-likeness (QED) is 0.717. The Morgan fingerprint density at radius 1 is 1.56 bits per heavy atom. The second-order valence-corrected chi connectivity index (χ2v) is 3.33. The summed E-state index contributed by atoms with van der Waals surface area (Å²) in [6.07, 6.45) is 0. The fourth-order valence-electron chi connectivity index (χ4n) is 1.48. The summed E-state index contributed by atoms with van der Waals surface area (Å²) in [4.78, 5) is 12.6. The average Bonchev–Trinajstić information content (AvgIpc) is 2.26. The van der Waals surface area contributed by atoms with E-state index >= 15 is 0 Å². The molecule has 0 aliphatic heterocycles. The molecule has 0 bridgehead atoms. The first kappa shape index (κ1) is 11.9. The lowest BCUT2D eigenvalue weighted by Gasteiger charge is -2.23. The third-order valence-corrected chi connectivity index (χ3v) is 2.27. The zero-order valence-corrected chi connectivity index (χ0v) is 9.10. The molecule has 0 fully saturated rings. The van der Waals surface area contributed by atoms with Gasteiger partial charge in [-0.05, 0) is 19.1 Å². The third-order valence-electron chi connectivity index (χ3n) is 2.27. The van der Waals surface area contributed by atoms with Crippen molar-refractivity contribution in [3.63, 3.8) is 0 Å². The molecule has 0 atom stereocenters. The van der Waals surface area contributed by atoms with Gasteiger partial charge in [0, 0.05) is 6.54 Å². The van der Waals surface area contributed by atoms with Gasteiger partial charge < -0.3 is 16.4 Å². The first-order chi connectivity index (χ1) is 7.60. The second kappa shape index (κ2) is 5.03. The number of hydrogen-bond acceptors (Lipinski definition) is 4. The average molecular weight is 218 g/mol. The number of nitrogen functional groups attached to an aromatic ring is 1. The molecule has 0 aliphatic carbocycles. The van der Waals surface area contributed by atoms with E-state index < -0.39 is 5.91 Å². The minimum absolute atomic E-state index is 0.0928. The standard InChI is InChI=1S/C11H14N4O/c1-2-15(7-10(13)16)9-5-3-4-8(6-12)11(9)14/h3-5H,2,7,14H2,1H3,(H2,13,16). The number of nitrogens with two attached hydrogens (primary N) is 2. The summed E-state index contributed by atoms with van der Waals surface area (Å²) in [7, 11) is 0. The van der Waals surface area contributed by atoms with Crippen molar-refractivity contribution >= 4 is 17.3 Å². The van der Waals surface area contributed by atoms with Gasteiger partial charge in [0.1, 0.15) is 6.07 Å². The molecular formula is C11H14N4O. The second-order valence-electron chi connectivity index (χ2n) is 3.33. The summed E-state index contributed by atoms with van der Waals surface area (Å²) in [6, 6.07) is 7.13. The fourth-order valence-corrected chi connectivity index (χ4v) is 1.48. The molecule has 0 spiro atoms. The van der Waals surface area contributed by atoms with Crippen molar-refractivity contribution in [2.75, 3.05) is 23.7 Å². The lowest BCUT2D eigenvalue weighted by atomic mass is 10.1. The van der Waals surface area contributed by atoms with Crippen LogP contribution in [0.1, 0.15) is 12.5 Å². The molecule has 0 radical (unpaired) electrons. The van der Waals surface area contributed by atoms with Crippen LogP contribution in [-0.2, 0) is 4.79 Å². The van der Waals surface area contributed by atoms with Crippen LogP contribution in [0.5, 0.6) is 0 Å². The Hall–Kier alpha value is -2.22. The molecule has 0 unspecified atom stereocenters. The lowest BCUT2D eigenvalue weighted by Crippen LogP contribution is -2.34. The van der Waals surface area contributed by atoms with Crippen LogP contribution in [0.3, 0.4) is 0 Å². The molecule has 0 aromatic heterocycles. The summed E-state index contributed by atoms with van der Waals surface area (Å²) in [5.41, 5.74) is 12.4. The van der Waals surface area contributed by atoms with E-state index in [4.69, 9.17) is 16.7 Å². The Labute approximate surface area is 94.2 Å². The zero-order valence-electron chi connectivity index (χ0n) is 9.10. The number of carbonyl (C=O) groups is 1. The van der Waals surface area contributed by atoms with E-state index in [-0.39, 0.29) is 6.54 Å². The fraction of sp³-hybridized carbons (Fsp3) is 0.273. The van der Waals surface area contributed by atoms with E-state index in [9.17, 15) is 4.79 Å². The zero-order chi connectivity index (χ0) is 12.1. The maximum atomic E-state index is 10.9. The van der Waals surface area contributed by atoms with Gasteiger partial charge in [-0.15, -0.1) is 0 Å². The largest absolute Gasteiger partial charge is 0.396 e. The Balaban J connectivity index is 3.11. The highest BCUT2D eigenvalue weighted by molar-refractivity contribution is 5.82. The van der Waals surface area contributed by atoms with E-state index in [1.165, 1.54) is 0 Å². The number of rotatable bonds is 4. The molecule has 1 aromatic rings. The monoisotopic (exact) mass is 218 g/mol. The molecular weight excluding hydrogens is 204 g/mol. The Morgan fingerprint density at radius 2 is 2.25 bits per heavy atom. The van der Waals surface area contributed by atoms with Crippen LogP contribution < -0.4 is 16.4 Å². The van der Waals surface area contributed by atoms with Gasteiger partial charge in [-0.25, -0.2) is 0 Å². The van der Waals surface area contributed by atoms with E-state index in [0.717, 1.165) is 0 Å². The van der Waals surface area contributed by atoms with E-state index in [0.29, 0.717) is 23.5 Å². The molecule has 0 heterocycles. The summed E-state index contributed by atoms with van der Waals surface area (Å²) >= 11 is 0. The topological polar surface area (TPSA) is 96.1 Å². The summed E-state index contributed by atoms with van der Waals surface area (Å²) in [5.74, 6) is -0.427. The molecule has 1 amide bonds. The Kier molecular flexibility index (Phi) is 3.72. The molecule has 5 heteroatoms. The highest BCUT2D eigenvalue weighted by Gasteiger charge is 2.12. The number of anilines is 2. The highest BCUT2D eigenvalue weighted by Crippen LogP contribution is 2.25. The predicted molar refractivity (Wildman–Crippen MR) is 62.7 cm³/mol. The first-order valence-corrected chi connectivity index (χ1v) is 4.92. The maximum Gasteiger partial charge on any atom is 0.236 e. The number of likely N-dealkylation sites (N-methyl/N-ethyl adjacent to an activating group) is 1. The molecule has 0 saturated carbocycles. The summed E-state index contributed by atoms with van der Waals surface area (Å²) in [6.45, 7) is 2.58. The molecule has 0 saturated heterocycles. The van der Waals surface area contributed by atoms with Crippen molar-refractivity contribution in [2.45, 2.75) is 6.92 Å². The van der Waals surface area contributed by atoms with Crippen molar-refractivity contribution < 1.29 is 4.79 Å². The molecule has 0 aliphatic rings. The van der Waals surface area contributed by atoms with Crippen LogP contribution in [0.2, 0.25) is 0 Å². The van der Waals surface area contributed by atoms with Gasteiger partial charge in [-0.1, -0.05) is 6.07 Å². The highest BCUT2D eigenvalue weighted by atomic mass is 16.1. The van der Waals surface area contributed by atoms with Gasteiger partial charge in [0.05, 0.1) is 23.5 Å². The molecule has 1 aromatic carbocycles. The number of para-hydroxylation sites is 1. The third kappa shape index (κ3) is 2.42. The van der Waals surface area contributed by atoms with Gasteiger partial charge in [0.25, 0.3) is 0 Å². The van der Waals surface area contributed by atoms with Gasteiger partial charge in [0.15, 0.2) is 0 Å². The smallest absolute Gasteiger partial charge is 0.236 e. The van der Waals surface area contributed by atoms with Crippen molar-refractivity contribution in [1.82, 2.24) is 0 Å². The molecule has 1 rings (SSSR count). The number of carbonyl (C=O) groups excluding carboxylic acids is 1. The van der Waals surface area contributed by atoms with Crippen molar-refractivity contribution in [3.05, 3.63) is 23.8 Å². The van der Waals surface area contributed by atoms with Gasteiger partial charge in [-0.2, -0.15) is 5.26 Å². The van der Waals surface area contributed by atoms with Crippen molar-refractivity contribution in [2.24, 2.45) is 5.73 Å². The van der Waals surface area contributed by atoms with Crippen LogP contribution in [0.4, 0.5) is 11.4 Å². The molecule has 84 valence electrons. The predicted octanol–water partition coefficient (Wildman–Crippen LogP) is 0.452.